The van der Waals surface area contributed by atoms with Gasteiger partial charge in [-0.3, -0.25) is 0 Å². The normalized spacial score (nSPS) is 14.9. The van der Waals surface area contributed by atoms with E-state index in [1.54, 1.807) is 7.11 Å². The maximum absolute atomic E-state index is 5.94. The molecule has 0 spiro atoms. The number of ether oxygens (including phenoxy) is 2. The van der Waals surface area contributed by atoms with Crippen molar-refractivity contribution in [3.8, 4) is 5.75 Å². The van der Waals surface area contributed by atoms with E-state index in [1.807, 2.05) is 24.3 Å². The molecule has 116 valence electrons. The summed E-state index contributed by atoms with van der Waals surface area (Å²) in [5, 5.41) is 6.95. The van der Waals surface area contributed by atoms with E-state index in [1.165, 1.54) is 25.7 Å². The summed E-state index contributed by atoms with van der Waals surface area (Å²) in [5.41, 5.74) is 0.970. The van der Waals surface area contributed by atoms with Crippen molar-refractivity contribution in [1.82, 2.24) is 5.32 Å². The third-order valence-electron chi connectivity index (χ3n) is 3.53. The van der Waals surface area contributed by atoms with Crippen LogP contribution in [-0.4, -0.2) is 31.5 Å². The average molecular weight is 308 g/mol. The molecule has 1 aliphatic carbocycles. The minimum absolute atomic E-state index is 0.396. The monoisotopic (exact) mass is 308 g/mol. The maximum Gasteiger partial charge on any atom is 0.170 e. The van der Waals surface area contributed by atoms with Gasteiger partial charge in [-0.25, -0.2) is 0 Å². The van der Waals surface area contributed by atoms with E-state index < -0.39 is 0 Å². The average Bonchev–Trinajstić information content (AvgIpc) is 2.99. The number of rotatable bonds is 7. The molecule has 2 N–H and O–H groups in total. The molecule has 0 bridgehead atoms. The largest absolute Gasteiger partial charge is 0.490 e. The van der Waals surface area contributed by atoms with Crippen LogP contribution in [-0.2, 0) is 4.74 Å². The number of nitrogens with one attached hydrogen (secondary N) is 2. The Morgan fingerprint density at radius 1 is 1.24 bits per heavy atom. The topological polar surface area (TPSA) is 42.5 Å². The first-order chi connectivity index (χ1) is 10.3. The first-order valence-electron chi connectivity index (χ1n) is 7.58. The van der Waals surface area contributed by atoms with E-state index >= 15 is 0 Å². The van der Waals surface area contributed by atoms with Crippen molar-refractivity contribution >= 4 is 23.0 Å². The van der Waals surface area contributed by atoms with E-state index in [4.69, 9.17) is 21.7 Å². The molecule has 1 fully saturated rings. The molecule has 1 aromatic rings. The third-order valence-corrected chi connectivity index (χ3v) is 3.77. The van der Waals surface area contributed by atoms with Crippen molar-refractivity contribution in [3.05, 3.63) is 24.3 Å². The van der Waals surface area contributed by atoms with E-state index in [0.717, 1.165) is 31.0 Å². The lowest BCUT2D eigenvalue weighted by molar-refractivity contribution is 0.196. The molecule has 0 aliphatic heterocycles. The van der Waals surface area contributed by atoms with Gasteiger partial charge in [0, 0.05) is 25.9 Å². The van der Waals surface area contributed by atoms with Crippen LogP contribution in [0.1, 0.15) is 32.1 Å². The number of hydrogen-bond acceptors (Lipinski definition) is 3. The number of thiocarbonyl (C=S) groups is 1. The molecule has 0 amide bonds. The van der Waals surface area contributed by atoms with Crippen LogP contribution in [0.25, 0.3) is 0 Å². The molecular weight excluding hydrogens is 284 g/mol. The van der Waals surface area contributed by atoms with Gasteiger partial charge in [-0.1, -0.05) is 0 Å². The molecule has 0 radical (unpaired) electrons. The number of methoxy groups -OCH3 is 1. The first kappa shape index (κ1) is 16.0. The van der Waals surface area contributed by atoms with Gasteiger partial charge in [-0.2, -0.15) is 0 Å². The summed E-state index contributed by atoms with van der Waals surface area (Å²) in [6.07, 6.45) is 6.25. The van der Waals surface area contributed by atoms with Crippen LogP contribution in [0.5, 0.6) is 5.75 Å². The van der Waals surface area contributed by atoms with Crippen LogP contribution < -0.4 is 15.4 Å². The Morgan fingerprint density at radius 2 is 1.95 bits per heavy atom. The maximum atomic E-state index is 5.94. The molecule has 1 aliphatic rings. The predicted molar refractivity (Wildman–Crippen MR) is 90.0 cm³/mol. The van der Waals surface area contributed by atoms with Gasteiger partial charge in [-0.15, -0.1) is 0 Å². The Kier molecular flexibility index (Phi) is 6.76. The summed E-state index contributed by atoms with van der Waals surface area (Å²) in [5.74, 6) is 0.937. The molecule has 0 aromatic heterocycles. The molecule has 0 atom stereocenters. The lowest BCUT2D eigenvalue weighted by atomic mass is 10.3. The minimum Gasteiger partial charge on any atom is -0.490 e. The van der Waals surface area contributed by atoms with E-state index in [2.05, 4.69) is 10.6 Å². The lowest BCUT2D eigenvalue weighted by Gasteiger charge is -2.14. The SMILES string of the molecule is COCCCNC(=S)Nc1ccc(OC2CCCC2)cc1. The number of benzene rings is 1. The quantitative estimate of drug-likeness (QED) is 0.597. The van der Waals surface area contributed by atoms with E-state index in [9.17, 15) is 0 Å². The highest BCUT2D eigenvalue weighted by Crippen LogP contribution is 2.24. The van der Waals surface area contributed by atoms with Crippen LogP contribution in [0, 0.1) is 0 Å². The Hall–Kier alpha value is -1.33. The number of hydrogen-bond donors (Lipinski definition) is 2. The van der Waals surface area contributed by atoms with Crippen LogP contribution in [0.2, 0.25) is 0 Å². The molecule has 5 heteroatoms. The fourth-order valence-corrected chi connectivity index (χ4v) is 2.63. The Morgan fingerprint density at radius 3 is 2.62 bits per heavy atom. The molecule has 1 saturated carbocycles. The lowest BCUT2D eigenvalue weighted by Crippen LogP contribution is -2.29. The summed E-state index contributed by atoms with van der Waals surface area (Å²) in [6, 6.07) is 7.98. The van der Waals surface area contributed by atoms with Gasteiger partial charge in [0.1, 0.15) is 5.75 Å². The Labute approximate surface area is 132 Å². The smallest absolute Gasteiger partial charge is 0.170 e. The standard InChI is InChI=1S/C16H24N2O2S/c1-19-12-4-11-17-16(21)18-13-7-9-15(10-8-13)20-14-5-2-3-6-14/h7-10,14H,2-6,11-12H2,1H3,(H2,17,18,21). The Bertz CT molecular complexity index is 430. The van der Waals surface area contributed by atoms with E-state index in [-0.39, 0.29) is 0 Å². The zero-order valence-corrected chi connectivity index (χ0v) is 13.4. The second kappa shape index (κ2) is 8.85. The molecule has 4 nitrogen and oxygen atoms in total. The summed E-state index contributed by atoms with van der Waals surface area (Å²) in [6.45, 7) is 1.55. The molecule has 1 aromatic carbocycles. The zero-order valence-electron chi connectivity index (χ0n) is 12.6. The second-order valence-electron chi connectivity index (χ2n) is 5.28. The summed E-state index contributed by atoms with van der Waals surface area (Å²) < 4.78 is 10.9. The predicted octanol–water partition coefficient (Wildman–Crippen LogP) is 3.33. The van der Waals surface area contributed by atoms with Crippen LogP contribution in [0.4, 0.5) is 5.69 Å². The summed E-state index contributed by atoms with van der Waals surface area (Å²) >= 11 is 5.24. The molecule has 0 heterocycles. The first-order valence-corrected chi connectivity index (χ1v) is 7.99. The van der Waals surface area contributed by atoms with Crippen LogP contribution in [0.15, 0.2) is 24.3 Å². The van der Waals surface area contributed by atoms with Crippen molar-refractivity contribution in [2.75, 3.05) is 25.6 Å². The van der Waals surface area contributed by atoms with Gasteiger partial charge in [0.2, 0.25) is 0 Å². The van der Waals surface area contributed by atoms with Gasteiger partial charge in [0.25, 0.3) is 0 Å². The molecular formula is C16H24N2O2S. The highest BCUT2D eigenvalue weighted by molar-refractivity contribution is 7.80. The fourth-order valence-electron chi connectivity index (χ4n) is 2.41. The van der Waals surface area contributed by atoms with Gasteiger partial charge in [-0.05, 0) is 68.6 Å². The van der Waals surface area contributed by atoms with E-state index in [0.29, 0.717) is 11.2 Å². The van der Waals surface area contributed by atoms with Crippen molar-refractivity contribution in [2.45, 2.75) is 38.2 Å². The van der Waals surface area contributed by atoms with Crippen LogP contribution >= 0.6 is 12.2 Å². The molecule has 0 saturated heterocycles. The second-order valence-corrected chi connectivity index (χ2v) is 5.68. The van der Waals surface area contributed by atoms with Gasteiger partial charge in [0.05, 0.1) is 6.10 Å². The highest BCUT2D eigenvalue weighted by atomic mass is 32.1. The molecule has 2 rings (SSSR count). The highest BCUT2D eigenvalue weighted by Gasteiger charge is 2.16. The third kappa shape index (κ3) is 5.89. The van der Waals surface area contributed by atoms with Gasteiger partial charge >= 0.3 is 0 Å². The number of anilines is 1. The Balaban J connectivity index is 1.72. The van der Waals surface area contributed by atoms with Crippen LogP contribution in [0.3, 0.4) is 0 Å². The summed E-state index contributed by atoms with van der Waals surface area (Å²) in [4.78, 5) is 0. The van der Waals surface area contributed by atoms with Crippen molar-refractivity contribution in [3.63, 3.8) is 0 Å². The fraction of sp³-hybridized carbons (Fsp3) is 0.562. The molecule has 21 heavy (non-hydrogen) atoms. The zero-order chi connectivity index (χ0) is 14.9. The molecule has 0 unspecified atom stereocenters. The van der Waals surface area contributed by atoms with Gasteiger partial charge in [0.15, 0.2) is 5.11 Å². The van der Waals surface area contributed by atoms with Crippen molar-refractivity contribution in [2.24, 2.45) is 0 Å². The van der Waals surface area contributed by atoms with Crippen molar-refractivity contribution in [1.29, 1.82) is 0 Å². The van der Waals surface area contributed by atoms with Crippen molar-refractivity contribution < 1.29 is 9.47 Å². The minimum atomic E-state index is 0.396. The van der Waals surface area contributed by atoms with Gasteiger partial charge < -0.3 is 20.1 Å². The summed E-state index contributed by atoms with van der Waals surface area (Å²) in [7, 11) is 1.70.